The van der Waals surface area contributed by atoms with E-state index in [-0.39, 0.29) is 5.69 Å². The lowest BCUT2D eigenvalue weighted by Crippen LogP contribution is -2.22. The van der Waals surface area contributed by atoms with Crippen LogP contribution in [0.15, 0.2) is 58.6 Å². The predicted octanol–water partition coefficient (Wildman–Crippen LogP) is 1.92. The lowest BCUT2D eigenvalue weighted by Gasteiger charge is -2.04. The number of pyridine rings is 1. The van der Waals surface area contributed by atoms with Crippen LogP contribution in [0, 0.1) is 0 Å². The smallest absolute Gasteiger partial charge is 0.250 e. The first-order valence-electron chi connectivity index (χ1n) is 7.44. The van der Waals surface area contributed by atoms with Gasteiger partial charge in [0.25, 0.3) is 0 Å². The standard InChI is InChI=1S/C15H12ClN7OS/c16-11-4-6-12(7-5-11)23-14(17-19-20-23)25-10-9-22-15(24)21-8-2-1-3-13(21)18-22/h1-8H,9-10H2. The number of benzene rings is 1. The van der Waals surface area contributed by atoms with Gasteiger partial charge >= 0.3 is 5.69 Å². The quantitative estimate of drug-likeness (QED) is 0.497. The first-order valence-corrected chi connectivity index (χ1v) is 8.80. The molecule has 25 heavy (non-hydrogen) atoms. The van der Waals surface area contributed by atoms with Gasteiger partial charge in [-0.1, -0.05) is 29.4 Å². The molecule has 0 atom stereocenters. The minimum Gasteiger partial charge on any atom is -0.250 e. The molecule has 0 N–H and O–H groups in total. The summed E-state index contributed by atoms with van der Waals surface area (Å²) in [5, 5.41) is 17.3. The van der Waals surface area contributed by atoms with Crippen molar-refractivity contribution in [3.8, 4) is 5.69 Å². The first-order chi connectivity index (χ1) is 12.2. The summed E-state index contributed by atoms with van der Waals surface area (Å²) in [4.78, 5) is 12.2. The average Bonchev–Trinajstić information content (AvgIpc) is 3.21. The van der Waals surface area contributed by atoms with E-state index < -0.39 is 0 Å². The number of rotatable bonds is 5. The summed E-state index contributed by atoms with van der Waals surface area (Å²) in [6.45, 7) is 0.457. The Hall–Kier alpha value is -2.65. The van der Waals surface area contributed by atoms with Crippen LogP contribution in [-0.4, -0.2) is 40.1 Å². The molecule has 4 aromatic rings. The van der Waals surface area contributed by atoms with Crippen molar-refractivity contribution < 1.29 is 0 Å². The Balaban J connectivity index is 1.49. The molecule has 0 saturated heterocycles. The molecule has 10 heteroatoms. The van der Waals surface area contributed by atoms with E-state index in [1.54, 1.807) is 35.1 Å². The molecule has 8 nitrogen and oxygen atoms in total. The molecule has 0 aliphatic carbocycles. The van der Waals surface area contributed by atoms with E-state index in [9.17, 15) is 4.79 Å². The molecule has 0 amide bonds. The van der Waals surface area contributed by atoms with Crippen molar-refractivity contribution in [2.45, 2.75) is 11.7 Å². The van der Waals surface area contributed by atoms with Crippen molar-refractivity contribution in [2.75, 3.05) is 5.75 Å². The van der Waals surface area contributed by atoms with Gasteiger partial charge in [0.05, 0.1) is 12.2 Å². The Labute approximate surface area is 151 Å². The summed E-state index contributed by atoms with van der Waals surface area (Å²) in [5.74, 6) is 0.609. The topological polar surface area (TPSA) is 82.9 Å². The second kappa shape index (κ2) is 6.69. The van der Waals surface area contributed by atoms with Crippen molar-refractivity contribution in [3.63, 3.8) is 0 Å². The highest BCUT2D eigenvalue weighted by Gasteiger charge is 2.10. The van der Waals surface area contributed by atoms with E-state index in [2.05, 4.69) is 20.6 Å². The number of aryl methyl sites for hydroxylation is 1. The summed E-state index contributed by atoms with van der Waals surface area (Å²) in [6.07, 6.45) is 1.70. The molecule has 126 valence electrons. The van der Waals surface area contributed by atoms with E-state index in [4.69, 9.17) is 11.6 Å². The van der Waals surface area contributed by atoms with Gasteiger partial charge in [-0.05, 0) is 46.8 Å². The molecule has 0 aliphatic rings. The summed E-state index contributed by atoms with van der Waals surface area (Å²) >= 11 is 7.36. The minimum absolute atomic E-state index is 0.159. The lowest BCUT2D eigenvalue weighted by molar-refractivity contribution is 0.638. The number of thioether (sulfide) groups is 1. The predicted molar refractivity (Wildman–Crippen MR) is 94.3 cm³/mol. The molecule has 0 fully saturated rings. The molecule has 0 bridgehead atoms. The summed E-state index contributed by atoms with van der Waals surface area (Å²) in [5.41, 5.74) is 1.29. The highest BCUT2D eigenvalue weighted by Crippen LogP contribution is 2.19. The third-order valence-electron chi connectivity index (χ3n) is 3.53. The van der Waals surface area contributed by atoms with Crippen molar-refractivity contribution >= 4 is 29.0 Å². The van der Waals surface area contributed by atoms with E-state index in [1.807, 2.05) is 18.2 Å². The van der Waals surface area contributed by atoms with Crippen molar-refractivity contribution in [1.82, 2.24) is 34.4 Å². The third kappa shape index (κ3) is 3.15. The van der Waals surface area contributed by atoms with Crippen molar-refractivity contribution in [1.29, 1.82) is 0 Å². The highest BCUT2D eigenvalue weighted by molar-refractivity contribution is 7.99. The summed E-state index contributed by atoms with van der Waals surface area (Å²) in [7, 11) is 0. The van der Waals surface area contributed by atoms with Gasteiger partial charge in [0.1, 0.15) is 0 Å². The number of halogens is 1. The monoisotopic (exact) mass is 373 g/mol. The number of nitrogens with zero attached hydrogens (tertiary/aromatic N) is 7. The fraction of sp³-hybridized carbons (Fsp3) is 0.133. The van der Waals surface area contributed by atoms with Crippen LogP contribution in [0.3, 0.4) is 0 Å². The molecule has 0 radical (unpaired) electrons. The van der Waals surface area contributed by atoms with Gasteiger partial charge in [0.2, 0.25) is 5.16 Å². The molecule has 0 unspecified atom stereocenters. The van der Waals surface area contributed by atoms with Crippen LogP contribution in [0.1, 0.15) is 0 Å². The van der Waals surface area contributed by atoms with E-state index in [0.29, 0.717) is 28.1 Å². The Morgan fingerprint density at radius 3 is 2.76 bits per heavy atom. The zero-order valence-electron chi connectivity index (χ0n) is 12.9. The van der Waals surface area contributed by atoms with Gasteiger partial charge in [-0.15, -0.1) is 10.2 Å². The fourth-order valence-corrected chi connectivity index (χ4v) is 3.28. The summed E-state index contributed by atoms with van der Waals surface area (Å²) < 4.78 is 4.59. The number of aromatic nitrogens is 7. The van der Waals surface area contributed by atoms with Crippen LogP contribution < -0.4 is 5.69 Å². The van der Waals surface area contributed by atoms with E-state index >= 15 is 0 Å². The number of hydrogen-bond acceptors (Lipinski definition) is 6. The van der Waals surface area contributed by atoms with Crippen LogP contribution in [0.25, 0.3) is 11.3 Å². The maximum absolute atomic E-state index is 12.2. The van der Waals surface area contributed by atoms with Gasteiger partial charge < -0.3 is 0 Å². The molecule has 4 rings (SSSR count). The molecule has 3 heterocycles. The first kappa shape index (κ1) is 15.9. The highest BCUT2D eigenvalue weighted by atomic mass is 35.5. The molecule has 0 saturated carbocycles. The van der Waals surface area contributed by atoms with Gasteiger partial charge in [-0.3, -0.25) is 4.40 Å². The maximum atomic E-state index is 12.2. The number of tetrazole rings is 1. The molecule has 1 aromatic carbocycles. The maximum Gasteiger partial charge on any atom is 0.350 e. The number of fused-ring (bicyclic) bond motifs is 1. The van der Waals surface area contributed by atoms with Gasteiger partial charge in [-0.25, -0.2) is 9.48 Å². The number of hydrogen-bond donors (Lipinski definition) is 0. The Morgan fingerprint density at radius 2 is 1.96 bits per heavy atom. The second-order valence-electron chi connectivity index (χ2n) is 5.13. The van der Waals surface area contributed by atoms with Crippen LogP contribution in [0.4, 0.5) is 0 Å². The van der Waals surface area contributed by atoms with Crippen molar-refractivity contribution in [2.24, 2.45) is 0 Å². The molecule has 0 aliphatic heterocycles. The van der Waals surface area contributed by atoms with Crippen LogP contribution >= 0.6 is 23.4 Å². The minimum atomic E-state index is -0.159. The molecule has 0 spiro atoms. The zero-order valence-corrected chi connectivity index (χ0v) is 14.4. The molecule has 3 aromatic heterocycles. The van der Waals surface area contributed by atoms with E-state index in [0.717, 1.165) is 5.69 Å². The van der Waals surface area contributed by atoms with Gasteiger partial charge in [0.15, 0.2) is 5.65 Å². The Kier molecular flexibility index (Phi) is 4.24. The lowest BCUT2D eigenvalue weighted by atomic mass is 10.3. The Morgan fingerprint density at radius 1 is 1.12 bits per heavy atom. The van der Waals surface area contributed by atoms with Gasteiger partial charge in [-0.2, -0.15) is 4.68 Å². The van der Waals surface area contributed by atoms with Crippen LogP contribution in [-0.2, 0) is 6.54 Å². The third-order valence-corrected chi connectivity index (χ3v) is 4.69. The Bertz CT molecular complexity index is 1070. The van der Waals surface area contributed by atoms with Crippen molar-refractivity contribution in [3.05, 3.63) is 64.2 Å². The normalized spacial score (nSPS) is 11.2. The summed E-state index contributed by atoms with van der Waals surface area (Å²) in [6, 6.07) is 12.7. The van der Waals surface area contributed by atoms with E-state index in [1.165, 1.54) is 20.8 Å². The molecular weight excluding hydrogens is 362 g/mol. The fourth-order valence-electron chi connectivity index (χ4n) is 2.35. The average molecular weight is 374 g/mol. The van der Waals surface area contributed by atoms with Crippen LogP contribution in [0.2, 0.25) is 5.02 Å². The van der Waals surface area contributed by atoms with Gasteiger partial charge in [0, 0.05) is 17.0 Å². The van der Waals surface area contributed by atoms with Crippen LogP contribution in [0.5, 0.6) is 0 Å². The SMILES string of the molecule is O=c1n(CCSc2nnnn2-c2ccc(Cl)cc2)nc2ccccn12. The largest absolute Gasteiger partial charge is 0.350 e. The zero-order chi connectivity index (χ0) is 17.2. The second-order valence-corrected chi connectivity index (χ2v) is 6.63. The molecular formula is C15H12ClN7OS.